The molecule has 0 atom stereocenters. The normalized spacial score (nSPS) is 12.0. The van der Waals surface area contributed by atoms with Gasteiger partial charge in [-0.2, -0.15) is 0 Å². The fourth-order valence-corrected chi connectivity index (χ4v) is 4.54. The van der Waals surface area contributed by atoms with E-state index in [0.29, 0.717) is 0 Å². The second kappa shape index (κ2) is 23.6. The number of nitrogens with two attached hydrogens (primary N) is 1. The topological polar surface area (TPSA) is 26.0 Å². The van der Waals surface area contributed by atoms with Crippen molar-refractivity contribution in [1.29, 1.82) is 0 Å². The molecule has 0 fully saturated rings. The van der Waals surface area contributed by atoms with Gasteiger partial charge in [-0.1, -0.05) is 161 Å². The minimum atomic E-state index is 0.0347. The molecule has 0 aromatic rings. The van der Waals surface area contributed by atoms with E-state index in [2.05, 4.69) is 20.8 Å². The maximum atomic E-state index is 6.03. The van der Waals surface area contributed by atoms with Crippen LogP contribution in [0.15, 0.2) is 0 Å². The van der Waals surface area contributed by atoms with E-state index in [1.807, 2.05) is 0 Å². The molecule has 0 aromatic carbocycles. The first-order valence-corrected chi connectivity index (χ1v) is 14.3. The monoisotopic (exact) mass is 423 g/mol. The lowest BCUT2D eigenvalue weighted by atomic mass is 9.97. The Bertz CT molecular complexity index is 304. The standard InChI is InChI=1S/C29H61N/c1-4-5-6-7-8-9-10-11-12-13-14-15-16-17-18-19-20-21-22-23-24-25-26-27-28-29(2,3)30/h4-28,30H2,1-3H3. The van der Waals surface area contributed by atoms with Crippen molar-refractivity contribution in [1.82, 2.24) is 0 Å². The van der Waals surface area contributed by atoms with Crippen LogP contribution in [0.1, 0.15) is 181 Å². The second-order valence-corrected chi connectivity index (χ2v) is 10.9. The average Bonchev–Trinajstić information content (AvgIpc) is 2.70. The van der Waals surface area contributed by atoms with Gasteiger partial charge in [0.15, 0.2) is 0 Å². The Morgan fingerprint density at radius 1 is 0.367 bits per heavy atom. The van der Waals surface area contributed by atoms with E-state index in [1.165, 1.54) is 161 Å². The molecule has 0 bridgehead atoms. The highest BCUT2D eigenvalue weighted by Gasteiger charge is 2.08. The third-order valence-electron chi connectivity index (χ3n) is 6.67. The summed E-state index contributed by atoms with van der Waals surface area (Å²) >= 11 is 0. The van der Waals surface area contributed by atoms with Gasteiger partial charge in [0, 0.05) is 5.54 Å². The second-order valence-electron chi connectivity index (χ2n) is 10.9. The molecule has 0 aliphatic carbocycles. The van der Waals surface area contributed by atoms with Crippen molar-refractivity contribution in [2.75, 3.05) is 0 Å². The quantitative estimate of drug-likeness (QED) is 0.145. The summed E-state index contributed by atoms with van der Waals surface area (Å²) in [5.41, 5.74) is 6.07. The van der Waals surface area contributed by atoms with E-state index in [4.69, 9.17) is 5.73 Å². The first-order valence-electron chi connectivity index (χ1n) is 14.3. The van der Waals surface area contributed by atoms with Crippen molar-refractivity contribution in [3.8, 4) is 0 Å². The Morgan fingerprint density at radius 2 is 0.567 bits per heavy atom. The van der Waals surface area contributed by atoms with E-state index in [1.54, 1.807) is 0 Å². The highest BCUT2D eigenvalue weighted by atomic mass is 14.7. The minimum absolute atomic E-state index is 0.0347. The van der Waals surface area contributed by atoms with Gasteiger partial charge < -0.3 is 5.73 Å². The lowest BCUT2D eigenvalue weighted by Gasteiger charge is -2.17. The van der Waals surface area contributed by atoms with Crippen LogP contribution < -0.4 is 5.73 Å². The van der Waals surface area contributed by atoms with Gasteiger partial charge in [0.2, 0.25) is 0 Å². The van der Waals surface area contributed by atoms with Crippen LogP contribution in [0.5, 0.6) is 0 Å². The minimum Gasteiger partial charge on any atom is -0.326 e. The van der Waals surface area contributed by atoms with Crippen molar-refractivity contribution < 1.29 is 0 Å². The summed E-state index contributed by atoms with van der Waals surface area (Å²) in [6, 6.07) is 0. The predicted molar refractivity (Wildman–Crippen MR) is 139 cm³/mol. The van der Waals surface area contributed by atoms with Gasteiger partial charge in [0.25, 0.3) is 0 Å². The Hall–Kier alpha value is -0.0400. The lowest BCUT2D eigenvalue weighted by molar-refractivity contribution is 0.440. The van der Waals surface area contributed by atoms with E-state index in [0.717, 1.165) is 0 Å². The third kappa shape index (κ3) is 28.0. The summed E-state index contributed by atoms with van der Waals surface area (Å²) in [7, 11) is 0. The smallest absolute Gasteiger partial charge is 0.00970 e. The number of hydrogen-bond acceptors (Lipinski definition) is 1. The Labute approximate surface area is 192 Å². The van der Waals surface area contributed by atoms with Crippen LogP contribution in [0.3, 0.4) is 0 Å². The molecule has 0 aromatic heterocycles. The van der Waals surface area contributed by atoms with Gasteiger partial charge in [-0.3, -0.25) is 0 Å². The van der Waals surface area contributed by atoms with Gasteiger partial charge in [-0.05, 0) is 20.3 Å². The molecule has 0 aliphatic rings. The van der Waals surface area contributed by atoms with E-state index < -0.39 is 0 Å². The molecule has 0 heterocycles. The number of unbranched alkanes of at least 4 members (excludes halogenated alkanes) is 23. The van der Waals surface area contributed by atoms with Gasteiger partial charge in [0.05, 0.1) is 0 Å². The van der Waals surface area contributed by atoms with Crippen LogP contribution in [-0.2, 0) is 0 Å². The number of rotatable bonds is 25. The Balaban J connectivity index is 3.02. The van der Waals surface area contributed by atoms with Crippen molar-refractivity contribution >= 4 is 0 Å². The van der Waals surface area contributed by atoms with Crippen LogP contribution >= 0.6 is 0 Å². The molecular weight excluding hydrogens is 362 g/mol. The highest BCUT2D eigenvalue weighted by molar-refractivity contribution is 4.70. The molecule has 0 spiro atoms. The van der Waals surface area contributed by atoms with Crippen molar-refractivity contribution in [3.63, 3.8) is 0 Å². The van der Waals surface area contributed by atoms with E-state index >= 15 is 0 Å². The van der Waals surface area contributed by atoms with Gasteiger partial charge in [-0.15, -0.1) is 0 Å². The first kappa shape index (κ1) is 30.0. The van der Waals surface area contributed by atoms with Crippen molar-refractivity contribution in [3.05, 3.63) is 0 Å². The maximum Gasteiger partial charge on any atom is 0.00970 e. The zero-order valence-corrected chi connectivity index (χ0v) is 21.8. The summed E-state index contributed by atoms with van der Waals surface area (Å²) < 4.78 is 0. The van der Waals surface area contributed by atoms with Crippen LogP contribution in [0.4, 0.5) is 0 Å². The summed E-state index contributed by atoms with van der Waals surface area (Å²) in [4.78, 5) is 0. The van der Waals surface area contributed by atoms with Crippen LogP contribution in [0.2, 0.25) is 0 Å². The zero-order chi connectivity index (χ0) is 22.2. The van der Waals surface area contributed by atoms with Gasteiger partial charge in [-0.25, -0.2) is 0 Å². The zero-order valence-electron chi connectivity index (χ0n) is 21.8. The largest absolute Gasteiger partial charge is 0.326 e. The first-order chi connectivity index (χ1) is 14.6. The fourth-order valence-electron chi connectivity index (χ4n) is 4.54. The molecule has 1 heteroatoms. The van der Waals surface area contributed by atoms with Crippen molar-refractivity contribution in [2.24, 2.45) is 5.73 Å². The molecule has 0 amide bonds. The van der Waals surface area contributed by atoms with Crippen LogP contribution in [-0.4, -0.2) is 5.54 Å². The Kier molecular flexibility index (Phi) is 23.6. The number of hydrogen-bond donors (Lipinski definition) is 1. The third-order valence-corrected chi connectivity index (χ3v) is 6.67. The molecule has 182 valence electrons. The summed E-state index contributed by atoms with van der Waals surface area (Å²) in [5, 5.41) is 0. The molecule has 1 nitrogen and oxygen atoms in total. The Morgan fingerprint density at radius 3 is 0.767 bits per heavy atom. The highest BCUT2D eigenvalue weighted by Crippen LogP contribution is 2.16. The summed E-state index contributed by atoms with van der Waals surface area (Å²) in [6.45, 7) is 6.59. The molecule has 0 radical (unpaired) electrons. The molecule has 0 saturated carbocycles. The fraction of sp³-hybridized carbons (Fsp3) is 1.00. The molecular formula is C29H61N. The lowest BCUT2D eigenvalue weighted by Crippen LogP contribution is -2.31. The molecule has 30 heavy (non-hydrogen) atoms. The van der Waals surface area contributed by atoms with Gasteiger partial charge >= 0.3 is 0 Å². The van der Waals surface area contributed by atoms with Crippen molar-refractivity contribution in [2.45, 2.75) is 187 Å². The summed E-state index contributed by atoms with van der Waals surface area (Å²) in [6.07, 6.45) is 36.1. The molecule has 0 unspecified atom stereocenters. The molecule has 0 saturated heterocycles. The van der Waals surface area contributed by atoms with Gasteiger partial charge in [0.1, 0.15) is 0 Å². The van der Waals surface area contributed by atoms with E-state index in [9.17, 15) is 0 Å². The summed E-state index contributed by atoms with van der Waals surface area (Å²) in [5.74, 6) is 0. The maximum absolute atomic E-state index is 6.03. The van der Waals surface area contributed by atoms with Crippen LogP contribution in [0, 0.1) is 0 Å². The van der Waals surface area contributed by atoms with Crippen LogP contribution in [0.25, 0.3) is 0 Å². The predicted octanol–water partition coefficient (Wildman–Crippen LogP) is 10.5. The average molecular weight is 424 g/mol. The molecule has 0 rings (SSSR count). The molecule has 0 aliphatic heterocycles. The molecule has 2 N–H and O–H groups in total. The SMILES string of the molecule is CCCCCCCCCCCCCCCCCCCCCCCCCCC(C)(C)N. The van der Waals surface area contributed by atoms with E-state index in [-0.39, 0.29) is 5.54 Å².